The number of benzene rings is 1. The van der Waals surface area contributed by atoms with Gasteiger partial charge in [-0.1, -0.05) is 0 Å². The molecule has 9 heteroatoms. The lowest BCUT2D eigenvalue weighted by Gasteiger charge is -2.28. The van der Waals surface area contributed by atoms with Crippen LogP contribution in [0.15, 0.2) is 48.7 Å². The van der Waals surface area contributed by atoms with E-state index in [4.69, 9.17) is 9.47 Å². The van der Waals surface area contributed by atoms with Crippen molar-refractivity contribution >= 4 is 23.3 Å². The van der Waals surface area contributed by atoms with E-state index < -0.39 is 11.9 Å². The highest BCUT2D eigenvalue weighted by Gasteiger charge is 2.14. The normalized spacial score (nSPS) is 13.6. The van der Waals surface area contributed by atoms with Crippen molar-refractivity contribution in [2.45, 2.75) is 13.8 Å². The van der Waals surface area contributed by atoms with Gasteiger partial charge in [0.1, 0.15) is 0 Å². The number of rotatable bonds is 6. The van der Waals surface area contributed by atoms with Gasteiger partial charge in [-0.2, -0.15) is 5.10 Å². The number of pyridine rings is 1. The number of esters is 1. The van der Waals surface area contributed by atoms with Crippen molar-refractivity contribution in [3.63, 3.8) is 0 Å². The number of aryl methyl sites for hydroxylation is 2. The summed E-state index contributed by atoms with van der Waals surface area (Å²) >= 11 is 0. The molecule has 1 aromatic carbocycles. The quantitative estimate of drug-likeness (QED) is 0.594. The lowest BCUT2D eigenvalue weighted by atomic mass is 10.2. The van der Waals surface area contributed by atoms with Crippen LogP contribution in [0, 0.1) is 13.8 Å². The number of amides is 1. The van der Waals surface area contributed by atoms with Gasteiger partial charge in [-0.15, -0.1) is 0 Å². The maximum Gasteiger partial charge on any atom is 0.340 e. The minimum Gasteiger partial charge on any atom is -0.452 e. The molecule has 1 amide bonds. The van der Waals surface area contributed by atoms with Gasteiger partial charge in [-0.3, -0.25) is 4.79 Å². The fraction of sp³-hybridized carbons (Fsp3) is 0.304. The molecule has 3 aromatic rings. The Kier molecular flexibility index (Phi) is 6.46. The Morgan fingerprint density at radius 2 is 1.84 bits per heavy atom. The third-order valence-corrected chi connectivity index (χ3v) is 5.07. The van der Waals surface area contributed by atoms with Crippen LogP contribution in [0.3, 0.4) is 0 Å². The minimum atomic E-state index is -0.616. The van der Waals surface area contributed by atoms with Crippen molar-refractivity contribution in [1.82, 2.24) is 14.8 Å². The second kappa shape index (κ2) is 9.61. The number of ether oxygens (including phenoxy) is 2. The van der Waals surface area contributed by atoms with Crippen LogP contribution >= 0.6 is 0 Å². The number of nitrogens with zero attached hydrogens (tertiary/aromatic N) is 4. The third kappa shape index (κ3) is 5.12. The van der Waals surface area contributed by atoms with Crippen LogP contribution in [0.2, 0.25) is 0 Å². The number of carbonyl (C=O) groups excluding carboxylic acids is 2. The van der Waals surface area contributed by atoms with E-state index in [9.17, 15) is 9.59 Å². The first-order valence-corrected chi connectivity index (χ1v) is 10.4. The first-order valence-electron chi connectivity index (χ1n) is 10.4. The van der Waals surface area contributed by atoms with Crippen molar-refractivity contribution in [3.8, 4) is 5.82 Å². The Bertz CT molecular complexity index is 1090. The fourth-order valence-corrected chi connectivity index (χ4v) is 3.48. The van der Waals surface area contributed by atoms with Crippen molar-refractivity contribution < 1.29 is 19.1 Å². The molecule has 9 nitrogen and oxygen atoms in total. The zero-order chi connectivity index (χ0) is 22.5. The second-order valence-electron chi connectivity index (χ2n) is 7.51. The van der Waals surface area contributed by atoms with Gasteiger partial charge in [0.25, 0.3) is 5.91 Å². The first kappa shape index (κ1) is 21.5. The maximum absolute atomic E-state index is 12.3. The molecule has 1 aliphatic heterocycles. The predicted octanol–water partition coefficient (Wildman–Crippen LogP) is 2.52. The Hall–Kier alpha value is -3.72. The molecule has 1 N–H and O–H groups in total. The number of hydrogen-bond donors (Lipinski definition) is 1. The number of morpholine rings is 1. The van der Waals surface area contributed by atoms with Crippen LogP contribution in [-0.4, -0.2) is 59.6 Å². The molecule has 4 rings (SSSR count). The molecule has 0 aliphatic carbocycles. The molecular formula is C23H25N5O4. The maximum atomic E-state index is 12.3. The van der Waals surface area contributed by atoms with E-state index in [0.717, 1.165) is 30.2 Å². The molecule has 0 spiro atoms. The predicted molar refractivity (Wildman–Crippen MR) is 119 cm³/mol. The van der Waals surface area contributed by atoms with Crippen LogP contribution in [0.5, 0.6) is 0 Å². The van der Waals surface area contributed by atoms with Crippen LogP contribution in [0.4, 0.5) is 11.4 Å². The molecule has 3 heterocycles. The van der Waals surface area contributed by atoms with Crippen molar-refractivity contribution in [1.29, 1.82) is 0 Å². The molecule has 0 unspecified atom stereocenters. The number of nitrogens with one attached hydrogen (secondary N) is 1. The van der Waals surface area contributed by atoms with Gasteiger partial charge < -0.3 is 19.7 Å². The summed E-state index contributed by atoms with van der Waals surface area (Å²) in [5, 5.41) is 7.09. The van der Waals surface area contributed by atoms with Crippen LogP contribution in [0.25, 0.3) is 5.82 Å². The average molecular weight is 435 g/mol. The third-order valence-electron chi connectivity index (χ3n) is 5.07. The SMILES string of the molecule is Cc1cc(C)n(-c2ccc(C(=O)OCC(=O)Nc3ccc(N4CCOCC4)cc3)cn2)n1. The molecular weight excluding hydrogens is 410 g/mol. The van der Waals surface area contributed by atoms with Crippen LogP contribution < -0.4 is 10.2 Å². The van der Waals surface area contributed by atoms with E-state index in [1.807, 2.05) is 44.2 Å². The molecule has 32 heavy (non-hydrogen) atoms. The Labute approximate surface area is 186 Å². The van der Waals surface area contributed by atoms with Crippen molar-refractivity contribution in [2.24, 2.45) is 0 Å². The summed E-state index contributed by atoms with van der Waals surface area (Å²) < 4.78 is 12.2. The summed E-state index contributed by atoms with van der Waals surface area (Å²) in [6.07, 6.45) is 1.41. The summed E-state index contributed by atoms with van der Waals surface area (Å²) in [5.41, 5.74) is 3.81. The lowest BCUT2D eigenvalue weighted by Crippen LogP contribution is -2.36. The Balaban J connectivity index is 1.28. The van der Waals surface area contributed by atoms with Gasteiger partial charge in [0, 0.05) is 36.4 Å². The van der Waals surface area contributed by atoms with Crippen molar-refractivity contribution in [2.75, 3.05) is 43.1 Å². The summed E-state index contributed by atoms with van der Waals surface area (Å²) in [7, 11) is 0. The second-order valence-corrected chi connectivity index (χ2v) is 7.51. The summed E-state index contributed by atoms with van der Waals surface area (Å²) in [6, 6.07) is 12.8. The largest absolute Gasteiger partial charge is 0.452 e. The Morgan fingerprint density at radius 3 is 2.47 bits per heavy atom. The standard InChI is InChI=1S/C23H25N5O4/c1-16-13-17(2)28(26-16)21-8-3-18(14-24-21)23(30)32-15-22(29)25-19-4-6-20(7-5-19)27-9-11-31-12-10-27/h3-8,13-14H,9-12,15H2,1-2H3,(H,25,29). The van der Waals surface area contributed by atoms with Gasteiger partial charge in [0.2, 0.25) is 0 Å². The number of aromatic nitrogens is 3. The highest BCUT2D eigenvalue weighted by Crippen LogP contribution is 2.19. The molecule has 0 radical (unpaired) electrons. The molecule has 0 saturated carbocycles. The number of carbonyl (C=O) groups is 2. The molecule has 1 aliphatic rings. The van der Waals surface area contributed by atoms with E-state index in [-0.39, 0.29) is 12.2 Å². The van der Waals surface area contributed by atoms with Gasteiger partial charge in [-0.05, 0) is 56.3 Å². The van der Waals surface area contributed by atoms with E-state index in [2.05, 4.69) is 20.3 Å². The first-order chi connectivity index (χ1) is 15.5. The number of hydrogen-bond acceptors (Lipinski definition) is 7. The van der Waals surface area contributed by atoms with E-state index in [1.54, 1.807) is 16.8 Å². The van der Waals surface area contributed by atoms with E-state index in [1.165, 1.54) is 6.20 Å². The molecule has 0 bridgehead atoms. The fourth-order valence-electron chi connectivity index (χ4n) is 3.48. The number of anilines is 2. The highest BCUT2D eigenvalue weighted by atomic mass is 16.5. The van der Waals surface area contributed by atoms with Crippen molar-refractivity contribution in [3.05, 3.63) is 65.6 Å². The molecule has 166 valence electrons. The van der Waals surface area contributed by atoms with E-state index >= 15 is 0 Å². The van der Waals surface area contributed by atoms with E-state index in [0.29, 0.717) is 24.7 Å². The topological polar surface area (TPSA) is 98.6 Å². The van der Waals surface area contributed by atoms with Gasteiger partial charge in [-0.25, -0.2) is 14.5 Å². The Morgan fingerprint density at radius 1 is 1.09 bits per heavy atom. The summed E-state index contributed by atoms with van der Waals surface area (Å²) in [4.78, 5) is 30.9. The lowest BCUT2D eigenvalue weighted by molar-refractivity contribution is -0.119. The molecule has 1 fully saturated rings. The molecule has 0 atom stereocenters. The highest BCUT2D eigenvalue weighted by molar-refractivity contribution is 5.95. The van der Waals surface area contributed by atoms with Crippen LogP contribution in [-0.2, 0) is 14.3 Å². The van der Waals surface area contributed by atoms with Gasteiger partial charge in [0.05, 0.1) is 24.5 Å². The molecule has 1 saturated heterocycles. The monoisotopic (exact) mass is 435 g/mol. The van der Waals surface area contributed by atoms with Crippen LogP contribution in [0.1, 0.15) is 21.7 Å². The van der Waals surface area contributed by atoms with Gasteiger partial charge in [0.15, 0.2) is 12.4 Å². The zero-order valence-corrected chi connectivity index (χ0v) is 18.1. The molecule has 2 aromatic heterocycles. The smallest absolute Gasteiger partial charge is 0.340 e. The summed E-state index contributed by atoms with van der Waals surface area (Å²) in [5.74, 6) is -0.426. The zero-order valence-electron chi connectivity index (χ0n) is 18.1. The van der Waals surface area contributed by atoms with Gasteiger partial charge >= 0.3 is 5.97 Å². The minimum absolute atomic E-state index is 0.262. The summed E-state index contributed by atoms with van der Waals surface area (Å²) in [6.45, 7) is 6.56. The average Bonchev–Trinajstić information content (AvgIpc) is 3.16.